The van der Waals surface area contributed by atoms with Gasteiger partial charge in [0, 0.05) is 24.5 Å². The van der Waals surface area contributed by atoms with Crippen molar-refractivity contribution in [2.75, 3.05) is 6.54 Å². The second-order valence-electron chi connectivity index (χ2n) is 6.01. The molecule has 0 radical (unpaired) electrons. The van der Waals surface area contributed by atoms with E-state index in [1.54, 1.807) is 12.1 Å². The number of pyridine rings is 2. The summed E-state index contributed by atoms with van der Waals surface area (Å²) >= 11 is 0. The van der Waals surface area contributed by atoms with Crippen LogP contribution in [0.5, 0.6) is 0 Å². The standard InChI is InChI=1S/C21H19N3O3/c25-20(24-10-4-7-15-5-2-1-3-6-15)16-8-11-22-18(13-16)19-14-17(21(26)27)9-12-23-19/h1-3,5-6,8-9,11-14H,4,7,10H2,(H,24,25)(H,26,27). The number of carbonyl (C=O) groups is 2. The molecular weight excluding hydrogens is 342 g/mol. The number of hydrogen-bond acceptors (Lipinski definition) is 4. The maximum absolute atomic E-state index is 12.4. The lowest BCUT2D eigenvalue weighted by Crippen LogP contribution is -2.24. The maximum atomic E-state index is 12.4. The van der Waals surface area contributed by atoms with Gasteiger partial charge < -0.3 is 10.4 Å². The summed E-state index contributed by atoms with van der Waals surface area (Å²) in [6.07, 6.45) is 4.67. The average molecular weight is 361 g/mol. The quantitative estimate of drug-likeness (QED) is 0.631. The van der Waals surface area contributed by atoms with Gasteiger partial charge in [0.1, 0.15) is 0 Å². The second-order valence-corrected chi connectivity index (χ2v) is 6.01. The highest BCUT2D eigenvalue weighted by atomic mass is 16.4. The maximum Gasteiger partial charge on any atom is 0.335 e. The normalized spacial score (nSPS) is 10.4. The van der Waals surface area contributed by atoms with Gasteiger partial charge in [0.25, 0.3) is 5.91 Å². The molecule has 1 amide bonds. The van der Waals surface area contributed by atoms with Gasteiger partial charge in [-0.2, -0.15) is 0 Å². The number of amides is 1. The van der Waals surface area contributed by atoms with E-state index in [4.69, 9.17) is 5.11 Å². The molecule has 0 atom stereocenters. The van der Waals surface area contributed by atoms with E-state index >= 15 is 0 Å². The van der Waals surface area contributed by atoms with Gasteiger partial charge in [0.2, 0.25) is 0 Å². The topological polar surface area (TPSA) is 92.2 Å². The van der Waals surface area contributed by atoms with E-state index in [2.05, 4.69) is 27.4 Å². The van der Waals surface area contributed by atoms with Gasteiger partial charge in [0.05, 0.1) is 17.0 Å². The van der Waals surface area contributed by atoms with Gasteiger partial charge >= 0.3 is 5.97 Å². The summed E-state index contributed by atoms with van der Waals surface area (Å²) in [5, 5.41) is 12.0. The predicted molar refractivity (Wildman–Crippen MR) is 102 cm³/mol. The van der Waals surface area contributed by atoms with Gasteiger partial charge in [-0.1, -0.05) is 30.3 Å². The zero-order chi connectivity index (χ0) is 19.1. The van der Waals surface area contributed by atoms with Crippen LogP contribution in [0.1, 0.15) is 32.7 Å². The zero-order valence-electron chi connectivity index (χ0n) is 14.6. The Morgan fingerprint density at radius 1 is 0.889 bits per heavy atom. The fourth-order valence-corrected chi connectivity index (χ4v) is 2.66. The number of carboxylic acids is 1. The van der Waals surface area contributed by atoms with Gasteiger partial charge in [-0.25, -0.2) is 4.79 Å². The largest absolute Gasteiger partial charge is 0.478 e. The summed E-state index contributed by atoms with van der Waals surface area (Å²) in [4.78, 5) is 31.8. The van der Waals surface area contributed by atoms with Crippen molar-refractivity contribution in [1.29, 1.82) is 0 Å². The van der Waals surface area contributed by atoms with Crippen LogP contribution in [-0.2, 0) is 6.42 Å². The summed E-state index contributed by atoms with van der Waals surface area (Å²) in [5.41, 5.74) is 2.69. The lowest BCUT2D eigenvalue weighted by molar-refractivity contribution is 0.0696. The van der Waals surface area contributed by atoms with E-state index in [1.807, 2.05) is 18.2 Å². The van der Waals surface area contributed by atoms with E-state index in [-0.39, 0.29) is 11.5 Å². The van der Waals surface area contributed by atoms with Gasteiger partial charge in [0.15, 0.2) is 0 Å². The van der Waals surface area contributed by atoms with Crippen molar-refractivity contribution in [3.05, 3.63) is 83.7 Å². The molecular formula is C21H19N3O3. The number of aromatic nitrogens is 2. The molecule has 3 aromatic rings. The third-order valence-corrected chi connectivity index (χ3v) is 4.06. The number of aromatic carboxylic acids is 1. The molecule has 0 saturated carbocycles. The Morgan fingerprint density at radius 2 is 1.52 bits per heavy atom. The van der Waals surface area contributed by atoms with Crippen LogP contribution in [0.2, 0.25) is 0 Å². The summed E-state index contributed by atoms with van der Waals surface area (Å²) in [5.74, 6) is -1.23. The number of carboxylic acid groups (broad SMARTS) is 1. The van der Waals surface area contributed by atoms with Crippen molar-refractivity contribution >= 4 is 11.9 Å². The fraction of sp³-hybridized carbons (Fsp3) is 0.143. The van der Waals surface area contributed by atoms with E-state index < -0.39 is 5.97 Å². The molecule has 0 saturated heterocycles. The molecule has 0 bridgehead atoms. The first-order chi connectivity index (χ1) is 13.1. The molecule has 3 rings (SSSR count). The minimum atomic E-state index is -1.04. The molecule has 6 heteroatoms. The highest BCUT2D eigenvalue weighted by Crippen LogP contribution is 2.17. The van der Waals surface area contributed by atoms with Crippen LogP contribution >= 0.6 is 0 Å². The Bertz CT molecular complexity index is 942. The molecule has 27 heavy (non-hydrogen) atoms. The molecule has 6 nitrogen and oxygen atoms in total. The lowest BCUT2D eigenvalue weighted by Gasteiger charge is -2.07. The average Bonchev–Trinajstić information content (AvgIpc) is 2.72. The van der Waals surface area contributed by atoms with E-state index in [0.29, 0.717) is 23.5 Å². The molecule has 2 heterocycles. The molecule has 136 valence electrons. The molecule has 0 unspecified atom stereocenters. The van der Waals surface area contributed by atoms with Crippen LogP contribution in [0.25, 0.3) is 11.4 Å². The van der Waals surface area contributed by atoms with Gasteiger partial charge in [-0.15, -0.1) is 0 Å². The Hall–Kier alpha value is -3.54. The van der Waals surface area contributed by atoms with Crippen molar-refractivity contribution in [1.82, 2.24) is 15.3 Å². The van der Waals surface area contributed by atoms with Crippen molar-refractivity contribution in [3.8, 4) is 11.4 Å². The first-order valence-electron chi connectivity index (χ1n) is 8.61. The molecule has 2 aromatic heterocycles. The third kappa shape index (κ3) is 4.98. The zero-order valence-corrected chi connectivity index (χ0v) is 14.6. The highest BCUT2D eigenvalue weighted by molar-refractivity contribution is 5.95. The predicted octanol–water partition coefficient (Wildman–Crippen LogP) is 3.20. The number of hydrogen-bond donors (Lipinski definition) is 2. The summed E-state index contributed by atoms with van der Waals surface area (Å²) in [7, 11) is 0. The monoisotopic (exact) mass is 361 g/mol. The number of carbonyl (C=O) groups excluding carboxylic acids is 1. The smallest absolute Gasteiger partial charge is 0.335 e. The van der Waals surface area contributed by atoms with E-state index in [9.17, 15) is 9.59 Å². The minimum Gasteiger partial charge on any atom is -0.478 e. The molecule has 0 aliphatic rings. The van der Waals surface area contributed by atoms with Crippen LogP contribution in [-0.4, -0.2) is 33.5 Å². The number of nitrogens with zero attached hydrogens (tertiary/aromatic N) is 2. The first-order valence-corrected chi connectivity index (χ1v) is 8.61. The lowest BCUT2D eigenvalue weighted by atomic mass is 10.1. The Labute approximate surface area is 156 Å². The van der Waals surface area contributed by atoms with Crippen molar-refractivity contribution in [2.24, 2.45) is 0 Å². The van der Waals surface area contributed by atoms with Gasteiger partial charge in [-0.3, -0.25) is 14.8 Å². The molecule has 0 fully saturated rings. The minimum absolute atomic E-state index is 0.123. The fourth-order valence-electron chi connectivity index (χ4n) is 2.66. The number of rotatable bonds is 7. The second kappa shape index (κ2) is 8.71. The van der Waals surface area contributed by atoms with Gasteiger partial charge in [-0.05, 0) is 42.7 Å². The number of benzene rings is 1. The molecule has 0 spiro atoms. The van der Waals surface area contributed by atoms with Crippen LogP contribution in [0, 0.1) is 0 Å². The summed E-state index contributed by atoms with van der Waals surface area (Å²) < 4.78 is 0. The highest BCUT2D eigenvalue weighted by Gasteiger charge is 2.10. The van der Waals surface area contributed by atoms with Crippen molar-refractivity contribution in [2.45, 2.75) is 12.8 Å². The van der Waals surface area contributed by atoms with Crippen LogP contribution in [0.4, 0.5) is 0 Å². The molecule has 0 aliphatic carbocycles. The Balaban J connectivity index is 1.62. The van der Waals surface area contributed by atoms with E-state index in [1.165, 1.54) is 30.1 Å². The first kappa shape index (κ1) is 18.3. The number of aryl methyl sites for hydroxylation is 1. The van der Waals surface area contributed by atoms with E-state index in [0.717, 1.165) is 12.8 Å². The molecule has 1 aromatic carbocycles. The number of nitrogens with one attached hydrogen (secondary N) is 1. The van der Waals surface area contributed by atoms with Crippen LogP contribution in [0.15, 0.2) is 67.0 Å². The third-order valence-electron chi connectivity index (χ3n) is 4.06. The van der Waals surface area contributed by atoms with Crippen molar-refractivity contribution in [3.63, 3.8) is 0 Å². The summed E-state index contributed by atoms with van der Waals surface area (Å²) in [6.45, 7) is 0.568. The Morgan fingerprint density at radius 3 is 2.19 bits per heavy atom. The SMILES string of the molecule is O=C(O)c1ccnc(-c2cc(C(=O)NCCCc3ccccc3)ccn2)c1. The van der Waals surface area contributed by atoms with Crippen LogP contribution in [0.3, 0.4) is 0 Å². The molecule has 2 N–H and O–H groups in total. The molecule has 0 aliphatic heterocycles. The summed E-state index contributed by atoms with van der Waals surface area (Å²) in [6, 6.07) is 16.2. The van der Waals surface area contributed by atoms with Crippen molar-refractivity contribution < 1.29 is 14.7 Å². The van der Waals surface area contributed by atoms with Crippen LogP contribution < -0.4 is 5.32 Å². The Kier molecular flexibility index (Phi) is 5.89.